The Bertz CT molecular complexity index is 478. The van der Waals surface area contributed by atoms with Gasteiger partial charge in [0.2, 0.25) is 0 Å². The molecule has 2 heterocycles. The van der Waals surface area contributed by atoms with Crippen LogP contribution in [0.1, 0.15) is 17.8 Å². The zero-order valence-electron chi connectivity index (χ0n) is 11.1. The molecule has 1 atom stereocenters. The Kier molecular flexibility index (Phi) is 4.92. The molecule has 2 rings (SSSR count). The molecule has 0 aromatic carbocycles. The van der Waals surface area contributed by atoms with Crippen LogP contribution in [0.2, 0.25) is 0 Å². The maximum Gasteiger partial charge on any atom is 0.304 e. The molecule has 0 bridgehead atoms. The highest BCUT2D eigenvalue weighted by Crippen LogP contribution is 2.26. The first-order valence-corrected chi connectivity index (χ1v) is 8.15. The standard InChI is InChI=1S/C12H18BrN3O2S/c1-8-12(13)10(15(2)14-8)6-16-3-4-19-7-9(16)5-11(17)18/h9H,3-7H2,1-2H3,(H,17,18). The SMILES string of the molecule is Cc1nn(C)c(CN2CCSCC2CC(=O)O)c1Br. The van der Waals surface area contributed by atoms with Gasteiger partial charge in [-0.05, 0) is 22.9 Å². The first-order valence-electron chi connectivity index (χ1n) is 6.20. The van der Waals surface area contributed by atoms with E-state index >= 15 is 0 Å². The van der Waals surface area contributed by atoms with Crippen molar-refractivity contribution in [2.75, 3.05) is 18.1 Å². The quantitative estimate of drug-likeness (QED) is 0.901. The molecule has 0 saturated carbocycles. The first kappa shape index (κ1) is 14.9. The molecule has 1 aromatic rings. The summed E-state index contributed by atoms with van der Waals surface area (Å²) in [5.74, 6) is 1.23. The second-order valence-electron chi connectivity index (χ2n) is 4.77. The van der Waals surface area contributed by atoms with Gasteiger partial charge in [0.25, 0.3) is 0 Å². The van der Waals surface area contributed by atoms with Gasteiger partial charge in [-0.2, -0.15) is 16.9 Å². The van der Waals surface area contributed by atoms with Gasteiger partial charge in [-0.25, -0.2) is 0 Å². The minimum absolute atomic E-state index is 0.110. The molecular formula is C12H18BrN3O2S. The monoisotopic (exact) mass is 347 g/mol. The Morgan fingerprint density at radius 2 is 2.37 bits per heavy atom. The normalized spacial score (nSPS) is 20.7. The average molecular weight is 348 g/mol. The van der Waals surface area contributed by atoms with Gasteiger partial charge >= 0.3 is 5.97 Å². The molecule has 0 radical (unpaired) electrons. The molecule has 1 saturated heterocycles. The molecular weight excluding hydrogens is 330 g/mol. The molecule has 1 aromatic heterocycles. The fourth-order valence-electron chi connectivity index (χ4n) is 2.33. The molecule has 19 heavy (non-hydrogen) atoms. The Hall–Kier alpha value is -0.530. The second kappa shape index (κ2) is 6.28. The highest BCUT2D eigenvalue weighted by atomic mass is 79.9. The van der Waals surface area contributed by atoms with Gasteiger partial charge in [0, 0.05) is 37.7 Å². The predicted octanol–water partition coefficient (Wildman–Crippen LogP) is 1.88. The van der Waals surface area contributed by atoms with E-state index in [1.54, 1.807) is 0 Å². The van der Waals surface area contributed by atoms with Crippen molar-refractivity contribution in [2.45, 2.75) is 25.9 Å². The summed E-state index contributed by atoms with van der Waals surface area (Å²) >= 11 is 5.40. The molecule has 1 aliphatic rings. The Morgan fingerprint density at radius 1 is 1.63 bits per heavy atom. The van der Waals surface area contributed by atoms with Crippen LogP contribution in [0.5, 0.6) is 0 Å². The lowest BCUT2D eigenvalue weighted by molar-refractivity contribution is -0.138. The number of nitrogens with zero attached hydrogens (tertiary/aromatic N) is 3. The number of halogens is 1. The van der Waals surface area contributed by atoms with Gasteiger partial charge in [0.1, 0.15) is 0 Å². The van der Waals surface area contributed by atoms with Gasteiger partial charge in [-0.15, -0.1) is 0 Å². The maximum atomic E-state index is 10.9. The number of thioether (sulfide) groups is 1. The van der Waals surface area contributed by atoms with Crippen molar-refractivity contribution >= 4 is 33.7 Å². The lowest BCUT2D eigenvalue weighted by atomic mass is 10.2. The molecule has 7 heteroatoms. The van der Waals surface area contributed by atoms with Crippen molar-refractivity contribution in [3.8, 4) is 0 Å². The van der Waals surface area contributed by atoms with Crippen molar-refractivity contribution in [1.82, 2.24) is 14.7 Å². The van der Waals surface area contributed by atoms with E-state index in [0.29, 0.717) is 0 Å². The summed E-state index contributed by atoms with van der Waals surface area (Å²) in [6.07, 6.45) is 0.210. The van der Waals surface area contributed by atoms with Gasteiger partial charge in [0.15, 0.2) is 0 Å². The Balaban J connectivity index is 2.12. The number of rotatable bonds is 4. The van der Waals surface area contributed by atoms with Crippen molar-refractivity contribution in [3.05, 3.63) is 15.9 Å². The molecule has 1 N–H and O–H groups in total. The molecule has 1 fully saturated rings. The molecule has 0 amide bonds. The largest absolute Gasteiger partial charge is 0.481 e. The average Bonchev–Trinajstić information content (AvgIpc) is 2.57. The Labute approximate surface area is 125 Å². The van der Waals surface area contributed by atoms with Gasteiger partial charge in [-0.3, -0.25) is 14.4 Å². The molecule has 1 unspecified atom stereocenters. The third kappa shape index (κ3) is 3.52. The van der Waals surface area contributed by atoms with Crippen LogP contribution in [0, 0.1) is 6.92 Å². The van der Waals surface area contributed by atoms with Gasteiger partial charge in [-0.1, -0.05) is 0 Å². The number of aromatic nitrogens is 2. The van der Waals surface area contributed by atoms with Crippen molar-refractivity contribution < 1.29 is 9.90 Å². The fraction of sp³-hybridized carbons (Fsp3) is 0.667. The van der Waals surface area contributed by atoms with Crippen LogP contribution >= 0.6 is 27.7 Å². The molecule has 5 nitrogen and oxygen atoms in total. The summed E-state index contributed by atoms with van der Waals surface area (Å²) in [5.41, 5.74) is 2.08. The minimum atomic E-state index is -0.724. The summed E-state index contributed by atoms with van der Waals surface area (Å²) in [7, 11) is 1.93. The number of carbonyl (C=O) groups is 1. The number of carboxylic acid groups (broad SMARTS) is 1. The van der Waals surface area contributed by atoms with Crippen LogP contribution in [-0.4, -0.2) is 49.8 Å². The zero-order chi connectivity index (χ0) is 14.0. The first-order chi connectivity index (χ1) is 8.99. The zero-order valence-corrected chi connectivity index (χ0v) is 13.5. The van der Waals surface area contributed by atoms with E-state index < -0.39 is 5.97 Å². The van der Waals surface area contributed by atoms with Crippen LogP contribution in [0.25, 0.3) is 0 Å². The summed E-state index contributed by atoms with van der Waals surface area (Å²) in [6.45, 7) is 3.64. The minimum Gasteiger partial charge on any atom is -0.481 e. The van der Waals surface area contributed by atoms with Crippen molar-refractivity contribution in [2.24, 2.45) is 7.05 Å². The van der Waals surface area contributed by atoms with E-state index in [1.807, 2.05) is 30.4 Å². The highest BCUT2D eigenvalue weighted by Gasteiger charge is 2.26. The lowest BCUT2D eigenvalue weighted by Gasteiger charge is -2.34. The van der Waals surface area contributed by atoms with E-state index in [4.69, 9.17) is 5.11 Å². The van der Waals surface area contributed by atoms with Crippen LogP contribution in [0.4, 0.5) is 0 Å². The predicted molar refractivity (Wildman–Crippen MR) is 79.4 cm³/mol. The van der Waals surface area contributed by atoms with Crippen LogP contribution in [0.3, 0.4) is 0 Å². The van der Waals surface area contributed by atoms with E-state index in [2.05, 4.69) is 25.9 Å². The maximum absolute atomic E-state index is 10.9. The number of aliphatic carboxylic acids is 1. The van der Waals surface area contributed by atoms with E-state index in [0.717, 1.165) is 40.5 Å². The second-order valence-corrected chi connectivity index (χ2v) is 6.71. The fourth-order valence-corrected chi connectivity index (χ4v) is 3.92. The summed E-state index contributed by atoms with van der Waals surface area (Å²) in [5, 5.41) is 13.4. The highest BCUT2D eigenvalue weighted by molar-refractivity contribution is 9.10. The summed E-state index contributed by atoms with van der Waals surface area (Å²) in [4.78, 5) is 13.2. The number of hydrogen-bond donors (Lipinski definition) is 1. The molecule has 0 spiro atoms. The van der Waals surface area contributed by atoms with Crippen LogP contribution in [0.15, 0.2) is 4.47 Å². The van der Waals surface area contributed by atoms with E-state index in [9.17, 15) is 4.79 Å². The topological polar surface area (TPSA) is 58.4 Å². The molecule has 1 aliphatic heterocycles. The van der Waals surface area contributed by atoms with E-state index in [-0.39, 0.29) is 12.5 Å². The third-order valence-corrected chi connectivity index (χ3v) is 5.50. The van der Waals surface area contributed by atoms with Gasteiger partial charge < -0.3 is 5.11 Å². The summed E-state index contributed by atoms with van der Waals surface area (Å²) in [6, 6.07) is 0.110. The van der Waals surface area contributed by atoms with Crippen LogP contribution in [-0.2, 0) is 18.4 Å². The third-order valence-electron chi connectivity index (χ3n) is 3.37. The summed E-state index contributed by atoms with van der Waals surface area (Å²) < 4.78 is 2.90. The number of carboxylic acids is 1. The number of hydrogen-bond acceptors (Lipinski definition) is 4. The van der Waals surface area contributed by atoms with E-state index in [1.165, 1.54) is 0 Å². The van der Waals surface area contributed by atoms with Crippen LogP contribution < -0.4 is 0 Å². The number of aryl methyl sites for hydroxylation is 2. The molecule has 0 aliphatic carbocycles. The lowest BCUT2D eigenvalue weighted by Crippen LogP contribution is -2.43. The van der Waals surface area contributed by atoms with Gasteiger partial charge in [0.05, 0.1) is 22.3 Å². The van der Waals surface area contributed by atoms with Crippen molar-refractivity contribution in [1.29, 1.82) is 0 Å². The van der Waals surface area contributed by atoms with Crippen molar-refractivity contribution in [3.63, 3.8) is 0 Å². The Morgan fingerprint density at radius 3 is 2.95 bits per heavy atom. The molecule has 106 valence electrons. The smallest absolute Gasteiger partial charge is 0.304 e.